The maximum Gasteiger partial charge on any atom is 0.305 e. The molecule has 0 spiro atoms. The standard InChI is InChI=1S/C21H43NO4/c1-5-6-7-8-9-10-13-16-25-18-20(22(2)3)19-26-17-14-11-12-15-21(23)24-4/h20H,5-19H2,1-4H3. The van der Waals surface area contributed by atoms with Crippen LogP contribution in [0.1, 0.15) is 77.6 Å². The highest BCUT2D eigenvalue weighted by Crippen LogP contribution is 2.07. The third-order valence-corrected chi connectivity index (χ3v) is 4.64. The third-order valence-electron chi connectivity index (χ3n) is 4.64. The van der Waals surface area contributed by atoms with Crippen molar-refractivity contribution in [3.63, 3.8) is 0 Å². The average molecular weight is 374 g/mol. The molecule has 5 nitrogen and oxygen atoms in total. The molecule has 26 heavy (non-hydrogen) atoms. The summed E-state index contributed by atoms with van der Waals surface area (Å²) < 4.78 is 16.3. The fourth-order valence-electron chi connectivity index (χ4n) is 2.70. The van der Waals surface area contributed by atoms with Crippen LogP contribution in [0, 0.1) is 0 Å². The molecule has 0 saturated heterocycles. The van der Waals surface area contributed by atoms with Crippen molar-refractivity contribution in [3.8, 4) is 0 Å². The van der Waals surface area contributed by atoms with Gasteiger partial charge in [-0.1, -0.05) is 51.9 Å². The number of carbonyl (C=O) groups is 1. The van der Waals surface area contributed by atoms with E-state index in [-0.39, 0.29) is 5.97 Å². The van der Waals surface area contributed by atoms with Crippen molar-refractivity contribution >= 4 is 5.97 Å². The highest BCUT2D eigenvalue weighted by Gasteiger charge is 2.11. The SMILES string of the molecule is CCCCCCCCCOCC(COCCCCCC(=O)OC)N(C)C. The van der Waals surface area contributed by atoms with Gasteiger partial charge in [-0.15, -0.1) is 0 Å². The van der Waals surface area contributed by atoms with Gasteiger partial charge in [-0.3, -0.25) is 4.79 Å². The summed E-state index contributed by atoms with van der Waals surface area (Å²) in [5, 5.41) is 0. The molecule has 0 fully saturated rings. The molecule has 0 aromatic heterocycles. The number of methoxy groups -OCH3 is 1. The van der Waals surface area contributed by atoms with Crippen LogP contribution in [-0.4, -0.2) is 64.5 Å². The number of unbranched alkanes of at least 4 members (excludes halogenated alkanes) is 8. The molecule has 0 N–H and O–H groups in total. The molecule has 156 valence electrons. The van der Waals surface area contributed by atoms with Crippen LogP contribution in [0.5, 0.6) is 0 Å². The van der Waals surface area contributed by atoms with Crippen molar-refractivity contribution in [1.29, 1.82) is 0 Å². The van der Waals surface area contributed by atoms with Crippen molar-refractivity contribution in [2.45, 2.75) is 83.6 Å². The molecule has 0 aliphatic carbocycles. The lowest BCUT2D eigenvalue weighted by Gasteiger charge is -2.24. The Labute approximate surface area is 161 Å². The van der Waals surface area contributed by atoms with E-state index in [1.165, 1.54) is 45.6 Å². The Hall–Kier alpha value is -0.650. The molecule has 0 amide bonds. The number of hydrogen-bond donors (Lipinski definition) is 0. The van der Waals surface area contributed by atoms with Gasteiger partial charge in [0.15, 0.2) is 0 Å². The number of ether oxygens (including phenoxy) is 3. The van der Waals surface area contributed by atoms with E-state index in [1.54, 1.807) is 0 Å². The smallest absolute Gasteiger partial charge is 0.305 e. The molecule has 0 aromatic rings. The maximum absolute atomic E-state index is 11.0. The van der Waals surface area contributed by atoms with Gasteiger partial charge >= 0.3 is 5.97 Å². The van der Waals surface area contributed by atoms with Crippen molar-refractivity contribution in [1.82, 2.24) is 4.90 Å². The molecule has 0 aliphatic heterocycles. The third kappa shape index (κ3) is 16.8. The topological polar surface area (TPSA) is 48.0 Å². The van der Waals surface area contributed by atoms with Crippen LogP contribution in [0.3, 0.4) is 0 Å². The highest BCUT2D eigenvalue weighted by molar-refractivity contribution is 5.68. The fraction of sp³-hybridized carbons (Fsp3) is 0.952. The Bertz CT molecular complexity index is 310. The number of likely N-dealkylation sites (N-methyl/N-ethyl adjacent to an activating group) is 1. The average Bonchev–Trinajstić information content (AvgIpc) is 2.63. The summed E-state index contributed by atoms with van der Waals surface area (Å²) in [7, 11) is 5.57. The quantitative estimate of drug-likeness (QED) is 0.247. The lowest BCUT2D eigenvalue weighted by molar-refractivity contribution is -0.140. The number of nitrogens with zero attached hydrogens (tertiary/aromatic N) is 1. The fourth-order valence-corrected chi connectivity index (χ4v) is 2.70. The summed E-state index contributed by atoms with van der Waals surface area (Å²) in [5.41, 5.74) is 0. The molecule has 0 heterocycles. The summed E-state index contributed by atoms with van der Waals surface area (Å²) in [5.74, 6) is -0.128. The molecular formula is C21H43NO4. The summed E-state index contributed by atoms with van der Waals surface area (Å²) >= 11 is 0. The predicted octanol–water partition coefficient (Wildman–Crippen LogP) is 4.43. The van der Waals surface area contributed by atoms with Crippen molar-refractivity contribution in [2.75, 3.05) is 47.6 Å². The lowest BCUT2D eigenvalue weighted by atomic mass is 10.1. The van der Waals surface area contributed by atoms with E-state index in [0.29, 0.717) is 19.1 Å². The Kier molecular flexibility index (Phi) is 18.6. The van der Waals surface area contributed by atoms with E-state index in [0.717, 1.165) is 45.5 Å². The first kappa shape index (κ1) is 25.4. The van der Waals surface area contributed by atoms with Gasteiger partial charge in [0.1, 0.15) is 0 Å². The Morgan fingerprint density at radius 2 is 1.31 bits per heavy atom. The van der Waals surface area contributed by atoms with E-state index >= 15 is 0 Å². The van der Waals surface area contributed by atoms with E-state index in [9.17, 15) is 4.79 Å². The summed E-state index contributed by atoms with van der Waals surface area (Å²) in [6.45, 7) is 5.27. The second-order valence-electron chi connectivity index (χ2n) is 7.28. The van der Waals surface area contributed by atoms with E-state index < -0.39 is 0 Å². The molecule has 0 bridgehead atoms. The van der Waals surface area contributed by atoms with E-state index in [2.05, 4.69) is 30.7 Å². The molecular weight excluding hydrogens is 330 g/mol. The van der Waals surface area contributed by atoms with E-state index in [4.69, 9.17) is 9.47 Å². The van der Waals surface area contributed by atoms with Crippen LogP contribution in [0.4, 0.5) is 0 Å². The number of carbonyl (C=O) groups excluding carboxylic acids is 1. The molecule has 0 aromatic carbocycles. The minimum Gasteiger partial charge on any atom is -0.469 e. The minimum absolute atomic E-state index is 0.128. The van der Waals surface area contributed by atoms with Crippen LogP contribution in [0.2, 0.25) is 0 Å². The predicted molar refractivity (Wildman–Crippen MR) is 108 cm³/mol. The van der Waals surface area contributed by atoms with Gasteiger partial charge in [-0.2, -0.15) is 0 Å². The zero-order chi connectivity index (χ0) is 19.5. The lowest BCUT2D eigenvalue weighted by Crippen LogP contribution is -2.37. The number of esters is 1. The van der Waals surface area contributed by atoms with Crippen LogP contribution in [0.15, 0.2) is 0 Å². The molecule has 0 rings (SSSR count). The molecule has 5 heteroatoms. The second-order valence-corrected chi connectivity index (χ2v) is 7.28. The number of hydrogen-bond acceptors (Lipinski definition) is 5. The molecule has 1 atom stereocenters. The monoisotopic (exact) mass is 373 g/mol. The van der Waals surface area contributed by atoms with Crippen LogP contribution in [-0.2, 0) is 19.0 Å². The second kappa shape index (κ2) is 19.1. The zero-order valence-corrected chi connectivity index (χ0v) is 17.8. The Morgan fingerprint density at radius 1 is 0.808 bits per heavy atom. The van der Waals surface area contributed by atoms with Gasteiger partial charge in [0.25, 0.3) is 0 Å². The normalized spacial score (nSPS) is 12.5. The maximum atomic E-state index is 11.0. The van der Waals surface area contributed by atoms with Crippen molar-refractivity contribution < 1.29 is 19.0 Å². The van der Waals surface area contributed by atoms with Gasteiger partial charge < -0.3 is 19.1 Å². The molecule has 0 saturated carbocycles. The van der Waals surface area contributed by atoms with Gasteiger partial charge in [0, 0.05) is 19.6 Å². The van der Waals surface area contributed by atoms with Gasteiger partial charge in [-0.25, -0.2) is 0 Å². The Morgan fingerprint density at radius 3 is 1.81 bits per heavy atom. The first-order valence-corrected chi connectivity index (χ1v) is 10.5. The summed E-state index contributed by atoms with van der Waals surface area (Å²) in [4.78, 5) is 13.2. The highest BCUT2D eigenvalue weighted by atomic mass is 16.5. The van der Waals surface area contributed by atoms with E-state index in [1.807, 2.05) is 0 Å². The first-order valence-electron chi connectivity index (χ1n) is 10.5. The van der Waals surface area contributed by atoms with Crippen molar-refractivity contribution in [3.05, 3.63) is 0 Å². The largest absolute Gasteiger partial charge is 0.469 e. The van der Waals surface area contributed by atoms with Crippen LogP contribution < -0.4 is 0 Å². The molecule has 1 unspecified atom stereocenters. The summed E-state index contributed by atoms with van der Waals surface area (Å²) in [6, 6.07) is 0.301. The van der Waals surface area contributed by atoms with Gasteiger partial charge in [0.2, 0.25) is 0 Å². The van der Waals surface area contributed by atoms with Gasteiger partial charge in [-0.05, 0) is 33.4 Å². The minimum atomic E-state index is -0.128. The Balaban J connectivity index is 3.52. The summed E-state index contributed by atoms with van der Waals surface area (Å²) in [6.07, 6.45) is 12.5. The number of rotatable bonds is 19. The molecule has 0 radical (unpaired) electrons. The van der Waals surface area contributed by atoms with Crippen LogP contribution >= 0.6 is 0 Å². The first-order chi connectivity index (χ1) is 12.6. The zero-order valence-electron chi connectivity index (χ0n) is 17.8. The van der Waals surface area contributed by atoms with Crippen molar-refractivity contribution in [2.24, 2.45) is 0 Å². The molecule has 0 aliphatic rings. The van der Waals surface area contributed by atoms with Crippen LogP contribution in [0.25, 0.3) is 0 Å². The van der Waals surface area contributed by atoms with Gasteiger partial charge in [0.05, 0.1) is 26.4 Å².